The SMILES string of the molecule is CCn1c(C)nc2cc(C(=O)NNC(=O)CNC(=O)c3ccco3)ccc21. The van der Waals surface area contributed by atoms with Crippen molar-refractivity contribution < 1.29 is 18.8 Å². The Kier molecular flexibility index (Phi) is 5.20. The maximum absolute atomic E-state index is 12.2. The molecule has 2 heterocycles. The second-order valence-electron chi connectivity index (χ2n) is 5.77. The number of nitrogens with zero attached hydrogens (tertiary/aromatic N) is 2. The topological polar surface area (TPSA) is 118 Å². The molecule has 0 bridgehead atoms. The van der Waals surface area contributed by atoms with Crippen LogP contribution in [0.25, 0.3) is 11.0 Å². The number of imidazole rings is 1. The van der Waals surface area contributed by atoms with E-state index in [1.165, 1.54) is 12.3 Å². The standard InChI is InChI=1S/C18H19N5O4/c1-3-23-11(2)20-13-9-12(6-7-14(13)23)17(25)22-21-16(24)10-19-18(26)15-5-4-8-27-15/h4-9H,3,10H2,1-2H3,(H,19,26)(H,21,24)(H,22,25). The average Bonchev–Trinajstić information content (AvgIpc) is 3.30. The van der Waals surface area contributed by atoms with Crippen LogP contribution in [0.3, 0.4) is 0 Å². The van der Waals surface area contributed by atoms with Crippen molar-refractivity contribution in [2.24, 2.45) is 0 Å². The highest BCUT2D eigenvalue weighted by molar-refractivity contribution is 5.99. The van der Waals surface area contributed by atoms with Gasteiger partial charge in [-0.1, -0.05) is 0 Å². The molecule has 1 aromatic carbocycles. The van der Waals surface area contributed by atoms with Crippen LogP contribution in [0, 0.1) is 6.92 Å². The van der Waals surface area contributed by atoms with E-state index in [4.69, 9.17) is 4.42 Å². The fourth-order valence-corrected chi connectivity index (χ4v) is 2.69. The van der Waals surface area contributed by atoms with Gasteiger partial charge >= 0.3 is 0 Å². The van der Waals surface area contributed by atoms with Gasteiger partial charge in [-0.05, 0) is 44.2 Å². The first kappa shape index (κ1) is 18.2. The monoisotopic (exact) mass is 369 g/mol. The zero-order valence-electron chi connectivity index (χ0n) is 14.9. The number of carbonyl (C=O) groups is 3. The van der Waals surface area contributed by atoms with Gasteiger partial charge in [-0.15, -0.1) is 0 Å². The molecule has 3 aromatic rings. The minimum atomic E-state index is -0.574. The minimum Gasteiger partial charge on any atom is -0.459 e. The number of amides is 3. The molecule has 0 saturated carbocycles. The number of hydrogen-bond donors (Lipinski definition) is 3. The molecule has 0 spiro atoms. The van der Waals surface area contributed by atoms with Crippen molar-refractivity contribution in [3.8, 4) is 0 Å². The van der Waals surface area contributed by atoms with E-state index >= 15 is 0 Å². The molecular formula is C18H19N5O4. The Morgan fingerprint density at radius 1 is 1.15 bits per heavy atom. The molecule has 0 radical (unpaired) electrons. The lowest BCUT2D eigenvalue weighted by atomic mass is 10.2. The number of hydrogen-bond acceptors (Lipinski definition) is 5. The van der Waals surface area contributed by atoms with Crippen LogP contribution in [-0.4, -0.2) is 33.8 Å². The van der Waals surface area contributed by atoms with E-state index in [0.717, 1.165) is 17.9 Å². The zero-order chi connectivity index (χ0) is 19.4. The highest BCUT2D eigenvalue weighted by Gasteiger charge is 2.13. The molecule has 0 atom stereocenters. The molecule has 0 aliphatic heterocycles. The van der Waals surface area contributed by atoms with Gasteiger partial charge in [0.05, 0.1) is 23.8 Å². The fraction of sp³-hybridized carbons (Fsp3) is 0.222. The van der Waals surface area contributed by atoms with Crippen molar-refractivity contribution >= 4 is 28.8 Å². The Morgan fingerprint density at radius 3 is 2.67 bits per heavy atom. The lowest BCUT2D eigenvalue weighted by Crippen LogP contribution is -2.46. The van der Waals surface area contributed by atoms with Crippen LogP contribution in [0.2, 0.25) is 0 Å². The molecule has 9 nitrogen and oxygen atoms in total. The maximum atomic E-state index is 12.2. The largest absolute Gasteiger partial charge is 0.459 e. The van der Waals surface area contributed by atoms with Crippen LogP contribution in [0.4, 0.5) is 0 Å². The highest BCUT2D eigenvalue weighted by Crippen LogP contribution is 2.17. The number of nitrogens with one attached hydrogen (secondary N) is 3. The number of aryl methyl sites for hydroxylation is 2. The van der Waals surface area contributed by atoms with E-state index < -0.39 is 17.7 Å². The van der Waals surface area contributed by atoms with Gasteiger partial charge in [0.15, 0.2) is 5.76 Å². The molecule has 9 heteroatoms. The van der Waals surface area contributed by atoms with Crippen molar-refractivity contribution in [2.75, 3.05) is 6.54 Å². The number of carbonyl (C=O) groups excluding carboxylic acids is 3. The van der Waals surface area contributed by atoms with Crippen LogP contribution in [0.5, 0.6) is 0 Å². The van der Waals surface area contributed by atoms with Gasteiger partial charge in [-0.2, -0.15) is 0 Å². The summed E-state index contributed by atoms with van der Waals surface area (Å²) < 4.78 is 6.96. The minimum absolute atomic E-state index is 0.0990. The molecule has 3 rings (SSSR count). The highest BCUT2D eigenvalue weighted by atomic mass is 16.3. The molecule has 27 heavy (non-hydrogen) atoms. The van der Waals surface area contributed by atoms with E-state index in [1.54, 1.807) is 18.2 Å². The summed E-state index contributed by atoms with van der Waals surface area (Å²) in [5, 5.41) is 2.38. The normalized spacial score (nSPS) is 10.6. The Bertz CT molecular complexity index is 991. The van der Waals surface area contributed by atoms with Crippen molar-refractivity contribution in [3.63, 3.8) is 0 Å². The Balaban J connectivity index is 1.55. The summed E-state index contributed by atoms with van der Waals surface area (Å²) in [6.45, 7) is 4.40. The number of hydrazine groups is 1. The number of aromatic nitrogens is 2. The van der Waals surface area contributed by atoms with Crippen molar-refractivity contribution in [1.29, 1.82) is 0 Å². The van der Waals surface area contributed by atoms with Gasteiger partial charge in [-0.25, -0.2) is 4.98 Å². The van der Waals surface area contributed by atoms with Gasteiger partial charge in [0, 0.05) is 12.1 Å². The van der Waals surface area contributed by atoms with Gasteiger partial charge in [-0.3, -0.25) is 25.2 Å². The first-order valence-corrected chi connectivity index (χ1v) is 8.37. The Morgan fingerprint density at radius 2 is 1.96 bits per heavy atom. The van der Waals surface area contributed by atoms with E-state index in [-0.39, 0.29) is 12.3 Å². The van der Waals surface area contributed by atoms with E-state index in [2.05, 4.69) is 21.2 Å². The van der Waals surface area contributed by atoms with Crippen molar-refractivity contribution in [2.45, 2.75) is 20.4 Å². The number of rotatable bonds is 5. The van der Waals surface area contributed by atoms with Gasteiger partial charge in [0.1, 0.15) is 5.82 Å². The summed E-state index contributed by atoms with van der Waals surface area (Å²) in [4.78, 5) is 40.1. The Hall–Kier alpha value is -3.62. The van der Waals surface area contributed by atoms with Crippen LogP contribution < -0.4 is 16.2 Å². The molecule has 3 N–H and O–H groups in total. The third kappa shape index (κ3) is 3.97. The smallest absolute Gasteiger partial charge is 0.287 e. The van der Waals surface area contributed by atoms with Gasteiger partial charge in [0.2, 0.25) is 0 Å². The fourth-order valence-electron chi connectivity index (χ4n) is 2.69. The zero-order valence-corrected chi connectivity index (χ0v) is 14.9. The predicted molar refractivity (Wildman–Crippen MR) is 96.8 cm³/mol. The Labute approximate surface area is 154 Å². The molecular weight excluding hydrogens is 350 g/mol. The lowest BCUT2D eigenvalue weighted by molar-refractivity contribution is -0.120. The quantitative estimate of drug-likeness (QED) is 0.583. The molecule has 0 saturated heterocycles. The van der Waals surface area contributed by atoms with Crippen molar-refractivity contribution in [3.05, 3.63) is 53.7 Å². The third-order valence-electron chi connectivity index (χ3n) is 3.99. The summed E-state index contributed by atoms with van der Waals surface area (Å²) in [6, 6.07) is 8.19. The summed E-state index contributed by atoms with van der Waals surface area (Å²) in [5.74, 6) is -0.608. The number of furan rings is 1. The first-order chi connectivity index (χ1) is 13.0. The predicted octanol–water partition coefficient (Wildman–Crippen LogP) is 1.15. The lowest BCUT2D eigenvalue weighted by Gasteiger charge is -2.08. The van der Waals surface area contributed by atoms with E-state index in [0.29, 0.717) is 11.1 Å². The maximum Gasteiger partial charge on any atom is 0.287 e. The molecule has 0 aliphatic carbocycles. The molecule has 140 valence electrons. The molecule has 0 unspecified atom stereocenters. The van der Waals surface area contributed by atoms with Crippen LogP contribution in [-0.2, 0) is 11.3 Å². The second kappa shape index (κ2) is 7.73. The molecule has 2 aromatic heterocycles. The molecule has 3 amide bonds. The third-order valence-corrected chi connectivity index (χ3v) is 3.99. The van der Waals surface area contributed by atoms with Crippen LogP contribution in [0.1, 0.15) is 33.7 Å². The summed E-state index contributed by atoms with van der Waals surface area (Å²) in [5.41, 5.74) is 6.57. The van der Waals surface area contributed by atoms with E-state index in [9.17, 15) is 14.4 Å². The first-order valence-electron chi connectivity index (χ1n) is 8.37. The van der Waals surface area contributed by atoms with Gasteiger partial charge < -0.3 is 14.3 Å². The van der Waals surface area contributed by atoms with Crippen LogP contribution in [0.15, 0.2) is 41.0 Å². The molecule has 0 aliphatic rings. The van der Waals surface area contributed by atoms with Crippen molar-refractivity contribution in [1.82, 2.24) is 25.7 Å². The number of fused-ring (bicyclic) bond motifs is 1. The van der Waals surface area contributed by atoms with Gasteiger partial charge in [0.25, 0.3) is 17.7 Å². The molecule has 0 fully saturated rings. The average molecular weight is 369 g/mol. The number of benzene rings is 1. The second-order valence-corrected chi connectivity index (χ2v) is 5.77. The summed E-state index contributed by atoms with van der Waals surface area (Å²) >= 11 is 0. The van der Waals surface area contributed by atoms with E-state index in [1.807, 2.05) is 24.5 Å². The summed E-state index contributed by atoms with van der Waals surface area (Å²) in [6.07, 6.45) is 1.36. The summed E-state index contributed by atoms with van der Waals surface area (Å²) in [7, 11) is 0. The van der Waals surface area contributed by atoms with Crippen LogP contribution >= 0.6 is 0 Å².